The van der Waals surface area contributed by atoms with Crippen molar-refractivity contribution in [2.45, 2.75) is 38.5 Å². The van der Waals surface area contributed by atoms with Crippen molar-refractivity contribution in [2.75, 3.05) is 25.4 Å². The van der Waals surface area contributed by atoms with E-state index in [9.17, 15) is 4.79 Å². The molecule has 32 heavy (non-hydrogen) atoms. The van der Waals surface area contributed by atoms with Crippen molar-refractivity contribution in [3.63, 3.8) is 0 Å². The number of nitrogens with zero attached hydrogens (tertiary/aromatic N) is 3. The largest absolute Gasteiger partial charge is 0.468 e. The van der Waals surface area contributed by atoms with Crippen molar-refractivity contribution in [1.82, 2.24) is 20.4 Å². The highest BCUT2D eigenvalue weighted by atomic mass is 32.2. The number of rotatable bonds is 10. The summed E-state index contributed by atoms with van der Waals surface area (Å²) < 4.78 is 10.8. The minimum Gasteiger partial charge on any atom is -0.468 e. The summed E-state index contributed by atoms with van der Waals surface area (Å²) in [6, 6.07) is 12.0. The fraction of sp³-hybridized carbons (Fsp3) is 0.458. The average molecular weight is 455 g/mol. The topological polar surface area (TPSA) is 84.4 Å². The van der Waals surface area contributed by atoms with Crippen LogP contribution in [-0.4, -0.2) is 46.3 Å². The van der Waals surface area contributed by atoms with E-state index in [0.29, 0.717) is 24.8 Å². The van der Waals surface area contributed by atoms with Crippen LogP contribution in [-0.2, 0) is 17.1 Å². The Kier molecular flexibility index (Phi) is 8.01. The van der Waals surface area contributed by atoms with E-state index >= 15 is 0 Å². The van der Waals surface area contributed by atoms with Crippen LogP contribution in [0.4, 0.5) is 0 Å². The Bertz CT molecular complexity index is 972. The van der Waals surface area contributed by atoms with Gasteiger partial charge >= 0.3 is 0 Å². The first-order chi connectivity index (χ1) is 15.7. The number of thioether (sulfide) groups is 1. The molecule has 0 spiro atoms. The van der Waals surface area contributed by atoms with E-state index in [1.807, 2.05) is 48.2 Å². The summed E-state index contributed by atoms with van der Waals surface area (Å²) in [6.07, 6.45) is 4.58. The molecule has 1 saturated heterocycles. The van der Waals surface area contributed by atoms with E-state index in [-0.39, 0.29) is 11.8 Å². The van der Waals surface area contributed by atoms with E-state index < -0.39 is 0 Å². The molecule has 0 saturated carbocycles. The van der Waals surface area contributed by atoms with Gasteiger partial charge in [-0.2, -0.15) is 16.7 Å². The summed E-state index contributed by atoms with van der Waals surface area (Å²) in [5, 5.41) is 7.22. The van der Waals surface area contributed by atoms with Gasteiger partial charge in [0, 0.05) is 18.7 Å². The third kappa shape index (κ3) is 6.46. The summed E-state index contributed by atoms with van der Waals surface area (Å²) in [5.41, 5.74) is 2.14. The molecule has 1 aliphatic rings. The maximum Gasteiger partial charge on any atom is 0.241 e. The molecular weight excluding hydrogens is 424 g/mol. The Morgan fingerprint density at radius 3 is 2.97 bits per heavy atom. The van der Waals surface area contributed by atoms with Crippen LogP contribution in [0.1, 0.15) is 36.5 Å². The van der Waals surface area contributed by atoms with Crippen molar-refractivity contribution in [3.8, 4) is 11.4 Å². The highest BCUT2D eigenvalue weighted by Crippen LogP contribution is 2.21. The van der Waals surface area contributed by atoms with Crippen molar-refractivity contribution in [1.29, 1.82) is 0 Å². The zero-order valence-corrected chi connectivity index (χ0v) is 19.3. The SMILES string of the molecule is Cc1ccc(-c2noc(CN3CCCC(C(=O)NCCCSCc4ccco4)C3)n2)cc1. The molecular formula is C24H30N4O3S. The first-order valence-corrected chi connectivity index (χ1v) is 12.3. The second-order valence-corrected chi connectivity index (χ2v) is 9.33. The molecule has 1 aromatic carbocycles. The van der Waals surface area contributed by atoms with Crippen LogP contribution in [0, 0.1) is 12.8 Å². The number of nitrogens with one attached hydrogen (secondary N) is 1. The van der Waals surface area contributed by atoms with E-state index in [1.54, 1.807) is 6.26 Å². The smallest absolute Gasteiger partial charge is 0.241 e. The molecule has 4 rings (SSSR count). The molecule has 1 fully saturated rings. The van der Waals surface area contributed by atoms with Gasteiger partial charge < -0.3 is 14.3 Å². The highest BCUT2D eigenvalue weighted by molar-refractivity contribution is 7.98. The Morgan fingerprint density at radius 2 is 2.16 bits per heavy atom. The van der Waals surface area contributed by atoms with Gasteiger partial charge in [0.05, 0.1) is 24.5 Å². The predicted molar refractivity (Wildman–Crippen MR) is 125 cm³/mol. The number of hydrogen-bond donors (Lipinski definition) is 1. The lowest BCUT2D eigenvalue weighted by Crippen LogP contribution is -2.43. The normalized spacial score (nSPS) is 16.8. The number of furan rings is 1. The lowest BCUT2D eigenvalue weighted by molar-refractivity contribution is -0.126. The molecule has 1 atom stereocenters. The Balaban J connectivity index is 1.18. The Morgan fingerprint density at radius 1 is 1.28 bits per heavy atom. The second kappa shape index (κ2) is 11.3. The lowest BCUT2D eigenvalue weighted by atomic mass is 9.97. The van der Waals surface area contributed by atoms with Crippen LogP contribution < -0.4 is 5.32 Å². The van der Waals surface area contributed by atoms with Crippen LogP contribution in [0.5, 0.6) is 0 Å². The maximum absolute atomic E-state index is 12.6. The number of benzene rings is 1. The summed E-state index contributed by atoms with van der Waals surface area (Å²) >= 11 is 1.82. The number of amides is 1. The van der Waals surface area contributed by atoms with Gasteiger partial charge in [-0.1, -0.05) is 35.0 Å². The van der Waals surface area contributed by atoms with Crippen LogP contribution in [0.3, 0.4) is 0 Å². The van der Waals surface area contributed by atoms with Crippen molar-refractivity contribution in [2.24, 2.45) is 5.92 Å². The molecule has 0 aliphatic carbocycles. The van der Waals surface area contributed by atoms with Gasteiger partial charge in [0.1, 0.15) is 5.76 Å². The fourth-order valence-electron chi connectivity index (χ4n) is 3.84. The van der Waals surface area contributed by atoms with Gasteiger partial charge in [-0.05, 0) is 50.6 Å². The number of aryl methyl sites for hydroxylation is 1. The van der Waals surface area contributed by atoms with Crippen LogP contribution in [0.25, 0.3) is 11.4 Å². The monoisotopic (exact) mass is 454 g/mol. The molecule has 7 nitrogen and oxygen atoms in total. The summed E-state index contributed by atoms with van der Waals surface area (Å²) in [5.74, 6) is 4.23. The van der Waals surface area contributed by atoms with Gasteiger partial charge in [-0.3, -0.25) is 9.69 Å². The third-order valence-electron chi connectivity index (χ3n) is 5.60. The van der Waals surface area contributed by atoms with E-state index in [4.69, 9.17) is 8.94 Å². The van der Waals surface area contributed by atoms with Crippen molar-refractivity contribution < 1.29 is 13.7 Å². The van der Waals surface area contributed by atoms with E-state index in [1.165, 1.54) is 5.56 Å². The molecule has 8 heteroatoms. The maximum atomic E-state index is 12.6. The van der Waals surface area contributed by atoms with Gasteiger partial charge in [0.15, 0.2) is 0 Å². The molecule has 1 aliphatic heterocycles. The standard InChI is InChI=1S/C24H30N4O3S/c1-18-7-9-19(10-8-18)23-26-22(31-27-23)16-28-12-2-5-20(15-28)24(29)25-11-4-14-32-17-21-6-3-13-30-21/h3,6-10,13,20H,2,4-5,11-12,14-17H2,1H3,(H,25,29). The minimum absolute atomic E-state index is 0.0130. The molecule has 3 heterocycles. The first kappa shape index (κ1) is 22.6. The molecule has 170 valence electrons. The number of piperidine rings is 1. The summed E-state index contributed by atoms with van der Waals surface area (Å²) in [6.45, 7) is 5.00. The van der Waals surface area contributed by atoms with E-state index in [0.717, 1.165) is 55.2 Å². The van der Waals surface area contributed by atoms with E-state index in [2.05, 4.69) is 27.3 Å². The van der Waals surface area contributed by atoms with Gasteiger partial charge in [0.2, 0.25) is 17.6 Å². The zero-order chi connectivity index (χ0) is 22.2. The molecule has 1 amide bonds. The first-order valence-electron chi connectivity index (χ1n) is 11.2. The van der Waals surface area contributed by atoms with Crippen molar-refractivity contribution in [3.05, 3.63) is 59.9 Å². The number of likely N-dealkylation sites (tertiary alicyclic amines) is 1. The Labute approximate surface area is 192 Å². The summed E-state index contributed by atoms with van der Waals surface area (Å²) in [7, 11) is 0. The number of hydrogen-bond acceptors (Lipinski definition) is 7. The van der Waals surface area contributed by atoms with Crippen LogP contribution >= 0.6 is 11.8 Å². The van der Waals surface area contributed by atoms with Gasteiger partial charge in [-0.25, -0.2) is 0 Å². The minimum atomic E-state index is 0.0130. The molecule has 0 radical (unpaired) electrons. The van der Waals surface area contributed by atoms with Crippen LogP contribution in [0.15, 0.2) is 51.6 Å². The number of carbonyl (C=O) groups is 1. The molecule has 1 unspecified atom stereocenters. The Hall–Kier alpha value is -2.58. The van der Waals surface area contributed by atoms with Crippen molar-refractivity contribution >= 4 is 17.7 Å². The lowest BCUT2D eigenvalue weighted by Gasteiger charge is -2.30. The van der Waals surface area contributed by atoms with Gasteiger partial charge in [0.25, 0.3) is 0 Å². The average Bonchev–Trinajstić information content (AvgIpc) is 3.49. The number of carbonyl (C=O) groups excluding carboxylic acids is 1. The highest BCUT2D eigenvalue weighted by Gasteiger charge is 2.26. The van der Waals surface area contributed by atoms with Crippen LogP contribution in [0.2, 0.25) is 0 Å². The molecule has 3 aromatic rings. The van der Waals surface area contributed by atoms with Gasteiger partial charge in [-0.15, -0.1) is 0 Å². The predicted octanol–water partition coefficient (Wildman–Crippen LogP) is 4.29. The fourth-order valence-corrected chi connectivity index (χ4v) is 4.70. The molecule has 1 N–H and O–H groups in total. The zero-order valence-electron chi connectivity index (χ0n) is 18.5. The third-order valence-corrected chi connectivity index (χ3v) is 6.67. The number of aromatic nitrogens is 2. The molecule has 0 bridgehead atoms. The quantitative estimate of drug-likeness (QED) is 0.458. The molecule has 2 aromatic heterocycles. The summed E-state index contributed by atoms with van der Waals surface area (Å²) in [4.78, 5) is 19.4. The second-order valence-electron chi connectivity index (χ2n) is 8.23.